The number of pyridine rings is 4. The standard InChI is InChI=1S/2C30H30N4O4/c2*1-19-4-2-7-25(31-19)27(18-35)32-22-8-9-28-21(15-22)14-20-5-3-6-24(30(20)38-28)26-16-23(17-29(36)33-26)34-10-12-37-13-11-34/h2*2-9,15-17,27,32,35H,10-14,18H2,1H3,(H,33,36). The van der Waals surface area contributed by atoms with Crippen LogP contribution in [-0.4, -0.2) is 96.0 Å². The summed E-state index contributed by atoms with van der Waals surface area (Å²) in [4.78, 5) is 44.6. The van der Waals surface area contributed by atoms with Crippen LogP contribution in [0.2, 0.25) is 0 Å². The molecule has 0 saturated carbocycles. The molecule has 0 spiro atoms. The van der Waals surface area contributed by atoms with Gasteiger partial charge in [0.25, 0.3) is 0 Å². The van der Waals surface area contributed by atoms with Gasteiger partial charge in [0.1, 0.15) is 23.0 Å². The highest BCUT2D eigenvalue weighted by molar-refractivity contribution is 5.76. The number of aliphatic hydroxyl groups is 2. The number of aromatic amines is 2. The Morgan fingerprint density at radius 3 is 1.36 bits per heavy atom. The smallest absolute Gasteiger partial charge is 0.250 e. The zero-order valence-corrected chi connectivity index (χ0v) is 42.5. The van der Waals surface area contributed by atoms with Crippen molar-refractivity contribution < 1.29 is 29.2 Å². The summed E-state index contributed by atoms with van der Waals surface area (Å²) in [6, 6.07) is 42.3. The molecular formula is C60H60N8O8. The second kappa shape index (κ2) is 22.3. The first-order chi connectivity index (χ1) is 37.1. The maximum atomic E-state index is 12.6. The van der Waals surface area contributed by atoms with Crippen molar-refractivity contribution in [2.45, 2.75) is 38.8 Å². The summed E-state index contributed by atoms with van der Waals surface area (Å²) >= 11 is 0. The van der Waals surface area contributed by atoms with Crippen LogP contribution in [0.25, 0.3) is 22.5 Å². The highest BCUT2D eigenvalue weighted by Crippen LogP contribution is 2.45. The number of aryl methyl sites for hydroxylation is 2. The fourth-order valence-electron chi connectivity index (χ4n) is 10.3. The number of aliphatic hydroxyl groups excluding tert-OH is 2. The first kappa shape index (κ1) is 49.9. The predicted molar refractivity (Wildman–Crippen MR) is 295 cm³/mol. The van der Waals surface area contributed by atoms with E-state index in [9.17, 15) is 19.8 Å². The van der Waals surface area contributed by atoms with Crippen molar-refractivity contribution in [3.8, 4) is 45.5 Å². The maximum Gasteiger partial charge on any atom is 0.250 e. The monoisotopic (exact) mass is 1020 g/mol. The molecule has 4 aromatic carbocycles. The van der Waals surface area contributed by atoms with E-state index in [1.165, 1.54) is 0 Å². The molecule has 16 nitrogen and oxygen atoms in total. The van der Waals surface area contributed by atoms with Crippen LogP contribution >= 0.6 is 0 Å². The van der Waals surface area contributed by atoms with Crippen LogP contribution in [0.1, 0.15) is 57.1 Å². The van der Waals surface area contributed by atoms with Crippen molar-refractivity contribution in [2.75, 3.05) is 86.3 Å². The van der Waals surface area contributed by atoms with E-state index in [1.807, 2.05) is 111 Å². The van der Waals surface area contributed by atoms with E-state index in [1.54, 1.807) is 12.1 Å². The van der Waals surface area contributed by atoms with Crippen LogP contribution in [0, 0.1) is 13.8 Å². The highest BCUT2D eigenvalue weighted by Gasteiger charge is 2.26. The largest absolute Gasteiger partial charge is 0.456 e. The average molecular weight is 1020 g/mol. The third-order valence-corrected chi connectivity index (χ3v) is 14.1. The fraction of sp³-hybridized carbons (Fsp3) is 0.267. The molecule has 0 aliphatic carbocycles. The fourth-order valence-corrected chi connectivity index (χ4v) is 10.3. The molecule has 388 valence electrons. The Kier molecular flexibility index (Phi) is 14.6. The molecule has 0 bridgehead atoms. The van der Waals surface area contributed by atoms with Crippen LogP contribution in [0.15, 0.2) is 143 Å². The topological polar surface area (TPSA) is 199 Å². The van der Waals surface area contributed by atoms with Crippen LogP contribution in [0.3, 0.4) is 0 Å². The number of hydrogen-bond acceptors (Lipinski definition) is 14. The summed E-state index contributed by atoms with van der Waals surface area (Å²) in [7, 11) is 0. The molecule has 2 saturated heterocycles. The van der Waals surface area contributed by atoms with Gasteiger partial charge in [0.15, 0.2) is 0 Å². The number of aromatic nitrogens is 4. The van der Waals surface area contributed by atoms with Crippen molar-refractivity contribution in [3.05, 3.63) is 199 Å². The number of H-pyrrole nitrogens is 2. The lowest BCUT2D eigenvalue weighted by Crippen LogP contribution is -2.36. The SMILES string of the molecule is Cc1cccc(C(CO)Nc2ccc3c(c2)Cc2cccc(-c4cc(N5CCOCC5)cc(=O)[nH]4)c2O3)n1.Cc1cccc(C(CO)Nc2ccc3c(c2)Cc2cccc(-c4cc(N5CCOCC5)cc(=O)[nH]4)c2O3)n1. The Morgan fingerprint density at radius 2 is 0.947 bits per heavy atom. The van der Waals surface area contributed by atoms with Crippen molar-refractivity contribution in [1.29, 1.82) is 0 Å². The Bertz CT molecular complexity index is 3280. The molecule has 6 N–H and O–H groups in total. The first-order valence-corrected chi connectivity index (χ1v) is 25.8. The molecule has 8 aromatic rings. The number of nitrogens with one attached hydrogen (secondary N) is 4. The summed E-state index contributed by atoms with van der Waals surface area (Å²) in [6.45, 7) is 9.37. The van der Waals surface area contributed by atoms with E-state index in [4.69, 9.17) is 18.9 Å². The number of anilines is 4. The Hall–Kier alpha value is -8.28. The van der Waals surface area contributed by atoms with Crippen LogP contribution in [-0.2, 0) is 22.3 Å². The Morgan fingerprint density at radius 1 is 0.526 bits per heavy atom. The van der Waals surface area contributed by atoms with Crippen molar-refractivity contribution in [3.63, 3.8) is 0 Å². The van der Waals surface area contributed by atoms with Crippen LogP contribution in [0.5, 0.6) is 23.0 Å². The molecule has 16 heteroatoms. The summed E-state index contributed by atoms with van der Waals surface area (Å²) in [5.74, 6) is 3.06. The van der Waals surface area contributed by atoms with E-state index < -0.39 is 0 Å². The maximum absolute atomic E-state index is 12.6. The number of ether oxygens (including phenoxy) is 4. The number of rotatable bonds is 12. The second-order valence-corrected chi connectivity index (χ2v) is 19.4. The van der Waals surface area contributed by atoms with Crippen LogP contribution < -0.4 is 41.0 Å². The summed E-state index contributed by atoms with van der Waals surface area (Å²) < 4.78 is 23.8. The lowest BCUT2D eigenvalue weighted by Gasteiger charge is -2.29. The van der Waals surface area contributed by atoms with E-state index in [-0.39, 0.29) is 36.4 Å². The second-order valence-electron chi connectivity index (χ2n) is 19.4. The van der Waals surface area contributed by atoms with Gasteiger partial charge in [-0.15, -0.1) is 0 Å². The average Bonchev–Trinajstić information content (AvgIpc) is 3.46. The van der Waals surface area contributed by atoms with Gasteiger partial charge < -0.3 is 59.6 Å². The van der Waals surface area contributed by atoms with E-state index >= 15 is 0 Å². The Labute approximate surface area is 440 Å². The molecule has 2 unspecified atom stereocenters. The van der Waals surface area contributed by atoms with Gasteiger partial charge in [0, 0.05) is 108 Å². The van der Waals surface area contributed by atoms with Gasteiger partial charge >= 0.3 is 0 Å². The van der Waals surface area contributed by atoms with Gasteiger partial charge in [0.05, 0.1) is 74.5 Å². The van der Waals surface area contributed by atoms with E-state index in [0.29, 0.717) is 39.3 Å². The van der Waals surface area contributed by atoms with Gasteiger partial charge in [-0.2, -0.15) is 0 Å². The van der Waals surface area contributed by atoms with Gasteiger partial charge in [-0.1, -0.05) is 36.4 Å². The number of para-hydroxylation sites is 2. The lowest BCUT2D eigenvalue weighted by molar-refractivity contribution is 0.122. The molecule has 2 fully saturated rings. The minimum Gasteiger partial charge on any atom is -0.456 e. The first-order valence-electron chi connectivity index (χ1n) is 25.8. The van der Waals surface area contributed by atoms with Gasteiger partial charge in [-0.25, -0.2) is 0 Å². The minimum atomic E-state index is -0.313. The van der Waals surface area contributed by atoms with Gasteiger partial charge in [-0.05, 0) is 110 Å². The molecule has 4 aliphatic rings. The zero-order valence-electron chi connectivity index (χ0n) is 42.5. The number of nitrogens with zero attached hydrogens (tertiary/aromatic N) is 4. The molecule has 0 amide bonds. The van der Waals surface area contributed by atoms with Crippen molar-refractivity contribution in [2.24, 2.45) is 0 Å². The molecule has 2 atom stereocenters. The molecule has 0 radical (unpaired) electrons. The lowest BCUT2D eigenvalue weighted by atomic mass is 9.96. The summed E-state index contributed by atoms with van der Waals surface area (Å²) in [6.07, 6.45) is 1.38. The van der Waals surface area contributed by atoms with Crippen LogP contribution in [0.4, 0.5) is 22.7 Å². The van der Waals surface area contributed by atoms with Gasteiger partial charge in [0.2, 0.25) is 11.1 Å². The van der Waals surface area contributed by atoms with Crippen molar-refractivity contribution >= 4 is 22.7 Å². The van der Waals surface area contributed by atoms with E-state index in [2.05, 4.69) is 64.6 Å². The number of hydrogen-bond donors (Lipinski definition) is 6. The van der Waals surface area contributed by atoms with Crippen molar-refractivity contribution in [1.82, 2.24) is 19.9 Å². The quantitative estimate of drug-likeness (QED) is 0.0678. The molecule has 76 heavy (non-hydrogen) atoms. The third-order valence-electron chi connectivity index (χ3n) is 14.1. The molecular weight excluding hydrogens is 961 g/mol. The van der Waals surface area contributed by atoms with Gasteiger partial charge in [-0.3, -0.25) is 19.6 Å². The molecule has 4 aromatic heterocycles. The molecule has 12 rings (SSSR count). The minimum absolute atomic E-state index is 0.0715. The number of benzene rings is 4. The Balaban J connectivity index is 0.000000162. The highest BCUT2D eigenvalue weighted by atomic mass is 16.5. The zero-order chi connectivity index (χ0) is 52.1. The number of morpholine rings is 2. The van der Waals surface area contributed by atoms with E-state index in [0.717, 1.165) is 139 Å². The number of fused-ring (bicyclic) bond motifs is 4. The molecule has 4 aliphatic heterocycles. The molecule has 8 heterocycles. The summed E-state index contributed by atoms with van der Waals surface area (Å²) in [5, 5.41) is 26.8. The predicted octanol–water partition coefficient (Wildman–Crippen LogP) is 8.85. The summed E-state index contributed by atoms with van der Waals surface area (Å²) in [5.41, 5.74) is 14.0. The third kappa shape index (κ3) is 11.1. The normalized spacial score (nSPS) is 15.3.